The van der Waals surface area contributed by atoms with Crippen molar-refractivity contribution >= 4 is 28.1 Å². The summed E-state index contributed by atoms with van der Waals surface area (Å²) in [7, 11) is 0. The highest BCUT2D eigenvalue weighted by Crippen LogP contribution is 2.09. The molecule has 0 unspecified atom stereocenters. The van der Waals surface area contributed by atoms with Crippen molar-refractivity contribution in [3.63, 3.8) is 0 Å². The maximum absolute atomic E-state index is 11.6. The molecule has 2 N–H and O–H groups in total. The van der Waals surface area contributed by atoms with Crippen LogP contribution >= 0.6 is 15.9 Å². The van der Waals surface area contributed by atoms with Crippen molar-refractivity contribution in [2.45, 2.75) is 59.2 Å². The summed E-state index contributed by atoms with van der Waals surface area (Å²) in [5.41, 5.74) is -1.05. The van der Waals surface area contributed by atoms with Crippen LogP contribution in [0.1, 0.15) is 48.0 Å². The Balaban J connectivity index is 4.21. The number of nitrogens with one attached hydrogen (secondary N) is 2. The van der Waals surface area contributed by atoms with Crippen molar-refractivity contribution in [1.29, 1.82) is 0 Å². The molecule has 0 saturated carbocycles. The zero-order chi connectivity index (χ0) is 17.4. The van der Waals surface area contributed by atoms with Gasteiger partial charge in [0.1, 0.15) is 11.2 Å². The van der Waals surface area contributed by atoms with E-state index in [1.54, 1.807) is 0 Å². The summed E-state index contributed by atoms with van der Waals surface area (Å²) >= 11 is 3.37. The van der Waals surface area contributed by atoms with Crippen molar-refractivity contribution in [2.75, 3.05) is 18.4 Å². The lowest BCUT2D eigenvalue weighted by molar-refractivity contribution is 0.0508. The molecule has 0 aliphatic rings. The minimum atomic E-state index is -0.524. The first-order valence-corrected chi connectivity index (χ1v) is 8.55. The second kappa shape index (κ2) is 9.22. The largest absolute Gasteiger partial charge is 0.444 e. The SMILES string of the molecule is CC(C)(C)OC(=O)NCC(CCBr)CNC(=O)OC(C)(C)C. The molecule has 0 aromatic rings. The smallest absolute Gasteiger partial charge is 0.407 e. The van der Waals surface area contributed by atoms with E-state index < -0.39 is 23.4 Å². The first kappa shape index (κ1) is 21.0. The van der Waals surface area contributed by atoms with E-state index in [-0.39, 0.29) is 5.92 Å². The molecule has 0 aliphatic carbocycles. The summed E-state index contributed by atoms with van der Waals surface area (Å²) < 4.78 is 10.4. The maximum atomic E-state index is 11.6. The lowest BCUT2D eigenvalue weighted by Gasteiger charge is -2.23. The van der Waals surface area contributed by atoms with Crippen molar-refractivity contribution in [3.05, 3.63) is 0 Å². The van der Waals surface area contributed by atoms with Crippen LogP contribution in [-0.2, 0) is 9.47 Å². The Kier molecular flexibility index (Phi) is 8.81. The average Bonchev–Trinajstić information content (AvgIpc) is 2.28. The molecule has 7 heteroatoms. The van der Waals surface area contributed by atoms with Gasteiger partial charge >= 0.3 is 12.2 Å². The molecule has 0 atom stereocenters. The quantitative estimate of drug-likeness (QED) is 0.691. The molecule has 22 heavy (non-hydrogen) atoms. The molecule has 0 fully saturated rings. The third kappa shape index (κ3) is 12.7. The van der Waals surface area contributed by atoms with E-state index in [0.717, 1.165) is 11.8 Å². The number of rotatable bonds is 6. The zero-order valence-electron chi connectivity index (χ0n) is 14.4. The van der Waals surface area contributed by atoms with Gasteiger partial charge in [0.2, 0.25) is 0 Å². The van der Waals surface area contributed by atoms with E-state index in [0.29, 0.717) is 13.1 Å². The average molecular weight is 381 g/mol. The van der Waals surface area contributed by atoms with E-state index in [1.807, 2.05) is 41.5 Å². The van der Waals surface area contributed by atoms with Crippen molar-refractivity contribution in [3.8, 4) is 0 Å². The van der Waals surface area contributed by atoms with E-state index in [2.05, 4.69) is 26.6 Å². The summed E-state index contributed by atoms with van der Waals surface area (Å²) in [6.45, 7) is 11.7. The standard InChI is InChI=1S/C15H29BrN2O4/c1-14(2,3)21-12(19)17-9-11(7-8-16)10-18-13(20)22-15(4,5)6/h11H,7-10H2,1-6H3,(H,17,19)(H,18,20). The van der Waals surface area contributed by atoms with Crippen molar-refractivity contribution in [1.82, 2.24) is 10.6 Å². The number of ether oxygens (including phenoxy) is 2. The molecule has 0 bridgehead atoms. The first-order valence-electron chi connectivity index (χ1n) is 7.42. The normalized spacial score (nSPS) is 12.0. The van der Waals surface area contributed by atoms with Crippen molar-refractivity contribution < 1.29 is 19.1 Å². The number of alkyl carbamates (subject to hydrolysis) is 2. The van der Waals surface area contributed by atoms with Crippen LogP contribution in [0.3, 0.4) is 0 Å². The summed E-state index contributed by atoms with van der Waals surface area (Å²) in [6.07, 6.45) is -0.0975. The molecular formula is C15H29BrN2O4. The van der Waals surface area contributed by atoms with Gasteiger partial charge in [0.05, 0.1) is 0 Å². The maximum Gasteiger partial charge on any atom is 0.407 e. The van der Waals surface area contributed by atoms with Crippen LogP contribution in [0.25, 0.3) is 0 Å². The molecule has 0 rings (SSSR count). The molecule has 0 aromatic carbocycles. The molecule has 0 aliphatic heterocycles. The predicted molar refractivity (Wildman–Crippen MR) is 90.4 cm³/mol. The summed E-state index contributed by atoms with van der Waals surface area (Å²) in [4.78, 5) is 23.3. The molecule has 0 saturated heterocycles. The van der Waals surface area contributed by atoms with Crippen LogP contribution in [0.4, 0.5) is 9.59 Å². The van der Waals surface area contributed by atoms with Gasteiger partial charge in [-0.2, -0.15) is 0 Å². The van der Waals surface area contributed by atoms with Gasteiger partial charge in [0.15, 0.2) is 0 Å². The lowest BCUT2D eigenvalue weighted by Crippen LogP contribution is -2.40. The fourth-order valence-corrected chi connectivity index (χ4v) is 2.16. The Bertz CT molecular complexity index is 330. The van der Waals surface area contributed by atoms with Gasteiger partial charge in [0, 0.05) is 18.4 Å². The summed E-state index contributed by atoms with van der Waals surface area (Å²) in [6, 6.07) is 0. The highest BCUT2D eigenvalue weighted by Gasteiger charge is 2.19. The number of amides is 2. The van der Waals surface area contributed by atoms with Gasteiger partial charge in [-0.05, 0) is 53.9 Å². The highest BCUT2D eigenvalue weighted by molar-refractivity contribution is 9.09. The highest BCUT2D eigenvalue weighted by atomic mass is 79.9. The van der Waals surface area contributed by atoms with Gasteiger partial charge < -0.3 is 20.1 Å². The van der Waals surface area contributed by atoms with Gasteiger partial charge in [-0.1, -0.05) is 15.9 Å². The number of hydrogen-bond acceptors (Lipinski definition) is 4. The second-order valence-corrected chi connectivity index (χ2v) is 7.90. The fraction of sp³-hybridized carbons (Fsp3) is 0.867. The predicted octanol–water partition coefficient (Wildman–Crippen LogP) is 3.44. The number of halogens is 1. The first-order chi connectivity index (χ1) is 9.93. The van der Waals surface area contributed by atoms with Crippen LogP contribution in [0.5, 0.6) is 0 Å². The van der Waals surface area contributed by atoms with E-state index >= 15 is 0 Å². The minimum Gasteiger partial charge on any atom is -0.444 e. The topological polar surface area (TPSA) is 76.7 Å². The monoisotopic (exact) mass is 380 g/mol. The molecule has 2 amide bonds. The number of hydrogen-bond donors (Lipinski definition) is 2. The van der Waals surface area contributed by atoms with Crippen molar-refractivity contribution in [2.24, 2.45) is 5.92 Å². The number of carbonyl (C=O) groups excluding carboxylic acids is 2. The molecule has 0 aromatic heterocycles. The van der Waals surface area contributed by atoms with Gasteiger partial charge in [0.25, 0.3) is 0 Å². The molecule has 130 valence electrons. The molecule has 0 radical (unpaired) electrons. The fourth-order valence-electron chi connectivity index (χ4n) is 1.51. The zero-order valence-corrected chi connectivity index (χ0v) is 16.0. The van der Waals surface area contributed by atoms with Crippen LogP contribution in [0.2, 0.25) is 0 Å². The lowest BCUT2D eigenvalue weighted by atomic mass is 10.1. The summed E-state index contributed by atoms with van der Waals surface area (Å²) in [5.74, 6) is 0.0967. The Morgan fingerprint density at radius 1 is 0.909 bits per heavy atom. The Morgan fingerprint density at radius 3 is 1.55 bits per heavy atom. The van der Waals surface area contributed by atoms with E-state index in [1.165, 1.54) is 0 Å². The second-order valence-electron chi connectivity index (χ2n) is 7.11. The van der Waals surface area contributed by atoms with E-state index in [9.17, 15) is 9.59 Å². The Labute approximate surface area is 141 Å². The minimum absolute atomic E-state index is 0.0967. The molecular weight excluding hydrogens is 352 g/mol. The van der Waals surface area contributed by atoms with Gasteiger partial charge in [-0.3, -0.25) is 0 Å². The molecule has 0 heterocycles. The molecule has 6 nitrogen and oxygen atoms in total. The number of alkyl halides is 1. The van der Waals surface area contributed by atoms with Crippen LogP contribution in [0, 0.1) is 5.92 Å². The third-order valence-corrected chi connectivity index (χ3v) is 2.84. The number of carbonyl (C=O) groups is 2. The van der Waals surface area contributed by atoms with Crippen LogP contribution in [-0.4, -0.2) is 41.8 Å². The summed E-state index contributed by atoms with van der Waals surface area (Å²) in [5, 5.41) is 6.23. The van der Waals surface area contributed by atoms with Crippen LogP contribution in [0.15, 0.2) is 0 Å². The Morgan fingerprint density at radius 2 is 1.27 bits per heavy atom. The van der Waals surface area contributed by atoms with Gasteiger partial charge in [-0.25, -0.2) is 9.59 Å². The van der Waals surface area contributed by atoms with E-state index in [4.69, 9.17) is 9.47 Å². The Hall–Kier alpha value is -0.980. The van der Waals surface area contributed by atoms with Crippen LogP contribution < -0.4 is 10.6 Å². The molecule has 0 spiro atoms. The van der Waals surface area contributed by atoms with Gasteiger partial charge in [-0.15, -0.1) is 0 Å². The third-order valence-electron chi connectivity index (χ3n) is 2.39.